The largest absolute Gasteiger partial charge is 0.496 e. The average molecular weight is 544 g/mol. The minimum Gasteiger partial charge on any atom is -0.496 e. The highest BCUT2D eigenvalue weighted by Gasteiger charge is 2.38. The molecule has 39 heavy (non-hydrogen) atoms. The Kier molecular flexibility index (Phi) is 10.5. The maximum Gasteiger partial charge on any atom is 0.490 e. The van der Waals surface area contributed by atoms with Crippen LogP contribution in [-0.4, -0.2) is 73.3 Å². The molecule has 1 aliphatic rings. The van der Waals surface area contributed by atoms with Gasteiger partial charge in [0, 0.05) is 36.4 Å². The lowest BCUT2D eigenvalue weighted by Gasteiger charge is -2.22. The van der Waals surface area contributed by atoms with Gasteiger partial charge >= 0.3 is 12.1 Å². The van der Waals surface area contributed by atoms with Crippen LogP contribution >= 0.6 is 0 Å². The molecule has 0 unspecified atom stereocenters. The summed E-state index contributed by atoms with van der Waals surface area (Å²) >= 11 is 0. The second-order valence-electron chi connectivity index (χ2n) is 9.16. The number of aliphatic carboxylic acids is 1. The van der Waals surface area contributed by atoms with Gasteiger partial charge in [-0.05, 0) is 74.1 Å². The zero-order chi connectivity index (χ0) is 28.4. The van der Waals surface area contributed by atoms with Gasteiger partial charge in [-0.25, -0.2) is 4.79 Å². The SMILES string of the molecule is COc1ccc(-c2cccc(NC(=O)c3ccccc3)c2)cc1CN1CCCN(C)CC1.O=C(O)C(F)(F)F. The number of carbonyl (C=O) groups is 2. The summed E-state index contributed by atoms with van der Waals surface area (Å²) in [5.41, 5.74) is 4.80. The number of rotatable bonds is 6. The van der Waals surface area contributed by atoms with E-state index in [-0.39, 0.29) is 5.91 Å². The number of halogens is 3. The Morgan fingerprint density at radius 1 is 0.923 bits per heavy atom. The molecule has 0 spiro atoms. The normalized spacial score (nSPS) is 14.5. The molecule has 1 amide bonds. The third-order valence-corrected chi connectivity index (χ3v) is 6.22. The van der Waals surface area contributed by atoms with Crippen LogP contribution in [0.3, 0.4) is 0 Å². The lowest BCUT2D eigenvalue weighted by atomic mass is 10.0. The fourth-order valence-electron chi connectivity index (χ4n) is 4.15. The molecular formula is C29H32F3N3O4. The van der Waals surface area contributed by atoms with E-state index in [2.05, 4.69) is 40.4 Å². The fraction of sp³-hybridized carbons (Fsp3) is 0.310. The molecule has 0 saturated carbocycles. The number of nitrogens with zero attached hydrogens (tertiary/aromatic N) is 2. The van der Waals surface area contributed by atoms with Crippen molar-refractivity contribution in [2.45, 2.75) is 19.1 Å². The van der Waals surface area contributed by atoms with Gasteiger partial charge in [0.1, 0.15) is 5.75 Å². The predicted octanol–water partition coefficient (Wildman–Crippen LogP) is 5.39. The van der Waals surface area contributed by atoms with Crippen LogP contribution in [0.2, 0.25) is 0 Å². The first-order chi connectivity index (χ1) is 18.6. The number of hydrogen-bond donors (Lipinski definition) is 2. The predicted molar refractivity (Wildman–Crippen MR) is 144 cm³/mol. The number of hydrogen-bond acceptors (Lipinski definition) is 5. The Balaban J connectivity index is 0.000000532. The highest BCUT2D eigenvalue weighted by atomic mass is 19.4. The number of anilines is 1. The lowest BCUT2D eigenvalue weighted by Crippen LogP contribution is -2.28. The number of amides is 1. The molecule has 0 bridgehead atoms. The van der Waals surface area contributed by atoms with E-state index in [1.807, 2.05) is 54.6 Å². The van der Waals surface area contributed by atoms with Gasteiger partial charge in [0.15, 0.2) is 0 Å². The highest BCUT2D eigenvalue weighted by molar-refractivity contribution is 6.04. The molecular weight excluding hydrogens is 511 g/mol. The van der Waals surface area contributed by atoms with Crippen LogP contribution in [0.4, 0.5) is 18.9 Å². The summed E-state index contributed by atoms with van der Waals surface area (Å²) in [6, 6.07) is 23.6. The Morgan fingerprint density at radius 2 is 1.62 bits per heavy atom. The van der Waals surface area contributed by atoms with Crippen molar-refractivity contribution in [3.8, 4) is 16.9 Å². The molecule has 1 saturated heterocycles. The summed E-state index contributed by atoms with van der Waals surface area (Å²) in [5, 5.41) is 10.1. The number of methoxy groups -OCH3 is 1. The molecule has 208 valence electrons. The number of ether oxygens (including phenoxy) is 1. The van der Waals surface area contributed by atoms with E-state index in [4.69, 9.17) is 14.6 Å². The number of alkyl halides is 3. The molecule has 1 fully saturated rings. The monoisotopic (exact) mass is 543 g/mol. The van der Waals surface area contributed by atoms with E-state index in [0.29, 0.717) is 5.56 Å². The summed E-state index contributed by atoms with van der Waals surface area (Å²) in [6.07, 6.45) is -3.90. The molecule has 0 radical (unpaired) electrons. The summed E-state index contributed by atoms with van der Waals surface area (Å²) in [5.74, 6) is -1.95. The van der Waals surface area contributed by atoms with E-state index >= 15 is 0 Å². The van der Waals surface area contributed by atoms with Gasteiger partial charge in [0.2, 0.25) is 0 Å². The molecule has 1 heterocycles. The van der Waals surface area contributed by atoms with Crippen molar-refractivity contribution in [1.82, 2.24) is 9.80 Å². The fourth-order valence-corrected chi connectivity index (χ4v) is 4.15. The lowest BCUT2D eigenvalue weighted by molar-refractivity contribution is -0.192. The van der Waals surface area contributed by atoms with E-state index < -0.39 is 12.1 Å². The van der Waals surface area contributed by atoms with Crippen molar-refractivity contribution in [1.29, 1.82) is 0 Å². The number of likely N-dealkylation sites (N-methyl/N-ethyl adjacent to an activating group) is 1. The van der Waals surface area contributed by atoms with Crippen molar-refractivity contribution in [2.24, 2.45) is 0 Å². The average Bonchev–Trinajstić information content (AvgIpc) is 3.12. The maximum atomic E-state index is 12.5. The molecule has 3 aromatic carbocycles. The van der Waals surface area contributed by atoms with Crippen molar-refractivity contribution in [3.63, 3.8) is 0 Å². The van der Waals surface area contributed by atoms with E-state index in [1.165, 1.54) is 12.0 Å². The Labute approximate surface area is 225 Å². The van der Waals surface area contributed by atoms with Crippen molar-refractivity contribution in [2.75, 3.05) is 45.7 Å². The molecule has 0 aromatic heterocycles. The minimum atomic E-state index is -5.08. The maximum absolute atomic E-state index is 12.5. The topological polar surface area (TPSA) is 82.1 Å². The Hall–Kier alpha value is -3.89. The smallest absolute Gasteiger partial charge is 0.490 e. The Bertz CT molecular complexity index is 1250. The summed E-state index contributed by atoms with van der Waals surface area (Å²) in [6.45, 7) is 5.26. The molecule has 4 rings (SSSR count). The van der Waals surface area contributed by atoms with Crippen LogP contribution in [-0.2, 0) is 11.3 Å². The van der Waals surface area contributed by atoms with Gasteiger partial charge in [0.25, 0.3) is 5.91 Å². The zero-order valence-electron chi connectivity index (χ0n) is 21.9. The first kappa shape index (κ1) is 29.7. The van der Waals surface area contributed by atoms with Crippen LogP contribution in [0.5, 0.6) is 5.75 Å². The molecule has 2 N–H and O–H groups in total. The van der Waals surface area contributed by atoms with Gasteiger partial charge < -0.3 is 20.1 Å². The first-order valence-electron chi connectivity index (χ1n) is 12.4. The van der Waals surface area contributed by atoms with E-state index in [0.717, 1.165) is 55.3 Å². The van der Waals surface area contributed by atoms with Gasteiger partial charge in [-0.2, -0.15) is 13.2 Å². The second kappa shape index (κ2) is 13.8. The highest BCUT2D eigenvalue weighted by Crippen LogP contribution is 2.29. The van der Waals surface area contributed by atoms with Crippen LogP contribution in [0.1, 0.15) is 22.3 Å². The van der Waals surface area contributed by atoms with Crippen LogP contribution in [0, 0.1) is 0 Å². The molecule has 1 aliphatic heterocycles. The second-order valence-corrected chi connectivity index (χ2v) is 9.16. The van der Waals surface area contributed by atoms with Gasteiger partial charge in [-0.15, -0.1) is 0 Å². The van der Waals surface area contributed by atoms with Crippen molar-refractivity contribution >= 4 is 17.6 Å². The van der Waals surface area contributed by atoms with E-state index in [9.17, 15) is 18.0 Å². The van der Waals surface area contributed by atoms with Gasteiger partial charge in [0.05, 0.1) is 7.11 Å². The van der Waals surface area contributed by atoms with E-state index in [1.54, 1.807) is 7.11 Å². The standard InChI is InChI=1S/C27H31N3O2.C2HF3O2/c1-29-14-7-15-30(17-16-29)20-24-18-23(12-13-26(24)32-2)22-10-6-11-25(19-22)28-27(31)21-8-4-3-5-9-21;3-2(4,5)1(6)7/h3-6,8-13,18-19H,7,14-17,20H2,1-2H3,(H,28,31);(H,6,7). The molecule has 3 aromatic rings. The number of benzene rings is 3. The number of nitrogens with one attached hydrogen (secondary N) is 1. The Morgan fingerprint density at radius 3 is 2.28 bits per heavy atom. The third kappa shape index (κ3) is 9.12. The molecule has 0 atom stereocenters. The first-order valence-corrected chi connectivity index (χ1v) is 12.4. The summed E-state index contributed by atoms with van der Waals surface area (Å²) in [7, 11) is 3.92. The molecule has 7 nitrogen and oxygen atoms in total. The van der Waals surface area contributed by atoms with Crippen LogP contribution in [0.25, 0.3) is 11.1 Å². The number of carboxylic acid groups (broad SMARTS) is 1. The third-order valence-electron chi connectivity index (χ3n) is 6.22. The summed E-state index contributed by atoms with van der Waals surface area (Å²) < 4.78 is 37.4. The van der Waals surface area contributed by atoms with Crippen molar-refractivity contribution in [3.05, 3.63) is 83.9 Å². The van der Waals surface area contributed by atoms with Crippen LogP contribution in [0.15, 0.2) is 72.8 Å². The quantitative estimate of drug-likeness (QED) is 0.434. The molecule has 10 heteroatoms. The van der Waals surface area contributed by atoms with Gasteiger partial charge in [-0.3, -0.25) is 9.69 Å². The van der Waals surface area contributed by atoms with Crippen LogP contribution < -0.4 is 10.1 Å². The van der Waals surface area contributed by atoms with Gasteiger partial charge in [-0.1, -0.05) is 36.4 Å². The minimum absolute atomic E-state index is 0.107. The zero-order valence-corrected chi connectivity index (χ0v) is 21.9. The number of carboxylic acids is 1. The number of carbonyl (C=O) groups excluding carboxylic acids is 1. The summed E-state index contributed by atoms with van der Waals surface area (Å²) in [4.78, 5) is 26.3. The van der Waals surface area contributed by atoms with Crippen molar-refractivity contribution < 1.29 is 32.6 Å². The molecule has 0 aliphatic carbocycles.